The van der Waals surface area contributed by atoms with Gasteiger partial charge in [-0.05, 0) is 30.3 Å². The van der Waals surface area contributed by atoms with Gasteiger partial charge >= 0.3 is 6.18 Å². The predicted molar refractivity (Wildman–Crippen MR) is 107 cm³/mol. The smallest absolute Gasteiger partial charge is 0.266 e. The maximum Gasteiger partial charge on any atom is 0.435 e. The van der Waals surface area contributed by atoms with Gasteiger partial charge in [0.2, 0.25) is 0 Å². The van der Waals surface area contributed by atoms with Gasteiger partial charge in [-0.1, -0.05) is 51.6 Å². The highest BCUT2D eigenvalue weighted by atomic mass is 35.5. The lowest BCUT2D eigenvalue weighted by Gasteiger charge is -2.13. The summed E-state index contributed by atoms with van der Waals surface area (Å²) in [7, 11) is -4.97. The molecule has 0 aliphatic carbocycles. The van der Waals surface area contributed by atoms with Crippen molar-refractivity contribution < 1.29 is 30.8 Å². The van der Waals surface area contributed by atoms with E-state index in [-0.39, 0.29) is 24.8 Å². The van der Waals surface area contributed by atoms with Gasteiger partial charge in [-0.2, -0.15) is 13.2 Å². The molecule has 1 amide bonds. The number of rotatable bonds is 4. The number of aromatic nitrogens is 3. The highest BCUT2D eigenvalue weighted by Gasteiger charge is 2.43. The van der Waals surface area contributed by atoms with Crippen LogP contribution in [-0.4, -0.2) is 29.3 Å². The van der Waals surface area contributed by atoms with Gasteiger partial charge in [-0.3, -0.25) is 4.79 Å². The number of hydrogen-bond acceptors (Lipinski definition) is 5. The summed E-state index contributed by atoms with van der Waals surface area (Å²) in [5.74, 6) is -3.13. The van der Waals surface area contributed by atoms with E-state index in [1.807, 2.05) is 0 Å². The number of carbonyl (C=O) groups is 1. The second kappa shape index (κ2) is 8.67. The Morgan fingerprint density at radius 1 is 1.00 bits per heavy atom. The normalized spacial score (nSPS) is 12.1. The Morgan fingerprint density at radius 3 is 2.25 bits per heavy atom. The van der Waals surface area contributed by atoms with Crippen LogP contribution in [0.4, 0.5) is 17.6 Å². The van der Waals surface area contributed by atoms with Gasteiger partial charge in [0, 0.05) is 5.02 Å². The minimum absolute atomic E-state index is 0.0679. The summed E-state index contributed by atoms with van der Waals surface area (Å²) in [6, 6.07) is 4.38. The van der Waals surface area contributed by atoms with Crippen molar-refractivity contribution in [2.75, 3.05) is 0 Å². The molecule has 170 valence electrons. The van der Waals surface area contributed by atoms with Crippen molar-refractivity contribution in [1.82, 2.24) is 19.7 Å². The number of amides is 1. The van der Waals surface area contributed by atoms with E-state index in [2.05, 4.69) is 10.3 Å². The van der Waals surface area contributed by atoms with E-state index in [0.717, 1.165) is 18.2 Å². The first kappa shape index (κ1) is 24.5. The van der Waals surface area contributed by atoms with Crippen molar-refractivity contribution in [1.29, 1.82) is 0 Å². The Bertz CT molecular complexity index is 1350. The molecule has 32 heavy (non-hydrogen) atoms. The van der Waals surface area contributed by atoms with Crippen LogP contribution in [0, 0.1) is 5.82 Å². The molecule has 2 aromatic carbocycles. The van der Waals surface area contributed by atoms with Crippen LogP contribution in [0.5, 0.6) is 0 Å². The SMILES string of the molecule is O=C(NS(=O)(=O)c1cc(Cl)ccc1F)c1nnn(-c2cc(Cl)c(Cl)cc2Cl)c1C(F)(F)F. The van der Waals surface area contributed by atoms with Crippen molar-refractivity contribution in [2.24, 2.45) is 0 Å². The molecule has 0 spiro atoms. The average Bonchev–Trinajstić information content (AvgIpc) is 3.11. The number of alkyl halides is 3. The van der Waals surface area contributed by atoms with Crippen molar-refractivity contribution in [2.45, 2.75) is 11.1 Å². The number of nitrogens with zero attached hydrogens (tertiary/aromatic N) is 3. The summed E-state index contributed by atoms with van der Waals surface area (Å²) in [5.41, 5.74) is -3.63. The van der Waals surface area contributed by atoms with Gasteiger partial charge in [-0.25, -0.2) is 22.2 Å². The summed E-state index contributed by atoms with van der Waals surface area (Å²) < 4.78 is 81.3. The third-order valence-corrected chi connectivity index (χ3v) is 6.39. The molecule has 0 fully saturated rings. The Kier molecular flexibility index (Phi) is 6.64. The van der Waals surface area contributed by atoms with E-state index < -0.39 is 49.9 Å². The van der Waals surface area contributed by atoms with Crippen LogP contribution in [0.25, 0.3) is 5.69 Å². The van der Waals surface area contributed by atoms with Crippen molar-refractivity contribution in [3.05, 3.63) is 67.6 Å². The maximum atomic E-state index is 13.9. The molecule has 0 radical (unpaired) electrons. The zero-order valence-electron chi connectivity index (χ0n) is 14.9. The molecule has 0 saturated heterocycles. The van der Waals surface area contributed by atoms with Crippen LogP contribution in [-0.2, 0) is 16.2 Å². The number of halogens is 8. The van der Waals surface area contributed by atoms with Gasteiger partial charge in [-0.15, -0.1) is 5.10 Å². The molecule has 3 aromatic rings. The molecule has 3 rings (SSSR count). The average molecular weight is 552 g/mol. The highest BCUT2D eigenvalue weighted by molar-refractivity contribution is 7.90. The molecule has 0 unspecified atom stereocenters. The Labute approximate surface area is 196 Å². The molecule has 0 aliphatic rings. The van der Waals surface area contributed by atoms with E-state index >= 15 is 0 Å². The highest BCUT2D eigenvalue weighted by Crippen LogP contribution is 2.37. The van der Waals surface area contributed by atoms with Crippen molar-refractivity contribution >= 4 is 62.3 Å². The number of benzene rings is 2. The first-order chi connectivity index (χ1) is 14.7. The number of nitrogens with one attached hydrogen (secondary N) is 1. The molecule has 1 aromatic heterocycles. The molecule has 1 N–H and O–H groups in total. The van der Waals surface area contributed by atoms with Crippen LogP contribution in [0.15, 0.2) is 35.2 Å². The van der Waals surface area contributed by atoms with Gasteiger partial charge in [0.05, 0.1) is 20.8 Å². The van der Waals surface area contributed by atoms with Crippen molar-refractivity contribution in [3.63, 3.8) is 0 Å². The van der Waals surface area contributed by atoms with E-state index in [4.69, 9.17) is 46.4 Å². The molecular formula is C16H6Cl4F4N4O3S. The lowest BCUT2D eigenvalue weighted by atomic mass is 10.2. The first-order valence-electron chi connectivity index (χ1n) is 7.92. The van der Waals surface area contributed by atoms with Crippen LogP contribution in [0.1, 0.15) is 16.2 Å². The minimum Gasteiger partial charge on any atom is -0.266 e. The Balaban J connectivity index is 2.10. The second-order valence-electron chi connectivity index (χ2n) is 5.92. The lowest BCUT2D eigenvalue weighted by molar-refractivity contribution is -0.143. The summed E-state index contributed by atoms with van der Waals surface area (Å²) in [6.45, 7) is 0. The molecule has 1 heterocycles. The molecule has 0 aliphatic heterocycles. The molecule has 16 heteroatoms. The molecule has 0 atom stereocenters. The fourth-order valence-corrected chi connectivity index (χ4v) is 4.36. The summed E-state index contributed by atoms with van der Waals surface area (Å²) in [4.78, 5) is 11.3. The standard InChI is InChI=1S/C16H6Cl4F4N4O3S/c17-6-1-2-10(21)12(3-6)32(30,31)26-15(29)13-14(16(22,23)24)28(27-25-13)11-5-8(19)7(18)4-9(11)20/h1-5H,(H,26,29). The lowest BCUT2D eigenvalue weighted by Crippen LogP contribution is -2.33. The summed E-state index contributed by atoms with van der Waals surface area (Å²) >= 11 is 23.1. The minimum atomic E-state index is -5.25. The third-order valence-electron chi connectivity index (χ3n) is 3.78. The van der Waals surface area contributed by atoms with E-state index in [1.165, 1.54) is 4.72 Å². The van der Waals surface area contributed by atoms with E-state index in [0.29, 0.717) is 12.1 Å². The largest absolute Gasteiger partial charge is 0.435 e. The van der Waals surface area contributed by atoms with Gasteiger partial charge in [0.25, 0.3) is 15.9 Å². The molecule has 0 bridgehead atoms. The van der Waals surface area contributed by atoms with Gasteiger partial charge < -0.3 is 0 Å². The molecule has 0 saturated carbocycles. The fourth-order valence-electron chi connectivity index (χ4n) is 2.44. The van der Waals surface area contributed by atoms with Gasteiger partial charge in [0.1, 0.15) is 10.7 Å². The van der Waals surface area contributed by atoms with Crippen LogP contribution in [0.3, 0.4) is 0 Å². The Hall–Kier alpha value is -2.12. The fraction of sp³-hybridized carbons (Fsp3) is 0.0625. The predicted octanol–water partition coefficient (Wildman–Crippen LogP) is 5.16. The van der Waals surface area contributed by atoms with Crippen molar-refractivity contribution in [3.8, 4) is 5.69 Å². The monoisotopic (exact) mass is 550 g/mol. The quantitative estimate of drug-likeness (QED) is 0.357. The third kappa shape index (κ3) is 4.79. The zero-order valence-corrected chi connectivity index (χ0v) is 18.7. The number of carbonyl (C=O) groups excluding carboxylic acids is 1. The van der Waals surface area contributed by atoms with Crippen LogP contribution >= 0.6 is 46.4 Å². The van der Waals surface area contributed by atoms with Gasteiger partial charge in [0.15, 0.2) is 11.4 Å². The van der Waals surface area contributed by atoms with Crippen LogP contribution < -0.4 is 4.72 Å². The van der Waals surface area contributed by atoms with Crippen LogP contribution in [0.2, 0.25) is 20.1 Å². The Morgan fingerprint density at radius 2 is 1.62 bits per heavy atom. The molecular weight excluding hydrogens is 546 g/mol. The number of hydrogen-bond donors (Lipinski definition) is 1. The van der Waals surface area contributed by atoms with E-state index in [9.17, 15) is 30.8 Å². The number of sulfonamides is 1. The maximum absolute atomic E-state index is 13.9. The zero-order chi connectivity index (χ0) is 24.0. The topological polar surface area (TPSA) is 93.9 Å². The van der Waals surface area contributed by atoms with E-state index in [1.54, 1.807) is 0 Å². The molecule has 7 nitrogen and oxygen atoms in total. The second-order valence-corrected chi connectivity index (χ2v) is 9.23. The summed E-state index contributed by atoms with van der Waals surface area (Å²) in [5, 5.41) is 5.61. The first-order valence-corrected chi connectivity index (χ1v) is 10.9. The summed E-state index contributed by atoms with van der Waals surface area (Å²) in [6.07, 6.45) is -5.25.